The van der Waals surface area contributed by atoms with Crippen LogP contribution in [0.15, 0.2) is 75.6 Å². The van der Waals surface area contributed by atoms with Gasteiger partial charge in [-0.2, -0.15) is 9.39 Å². The van der Waals surface area contributed by atoms with E-state index in [0.29, 0.717) is 10.3 Å². The van der Waals surface area contributed by atoms with Crippen molar-refractivity contribution in [3.63, 3.8) is 0 Å². The minimum Gasteiger partial charge on any atom is -0.318 e. The molecule has 0 aliphatic carbocycles. The molecule has 1 N–H and O–H groups in total. The molecule has 0 spiro atoms. The van der Waals surface area contributed by atoms with E-state index in [1.807, 2.05) is 31.2 Å². The van der Waals surface area contributed by atoms with E-state index in [4.69, 9.17) is 5.41 Å². The van der Waals surface area contributed by atoms with E-state index in [9.17, 15) is 4.79 Å². The molecule has 0 fully saturated rings. The predicted molar refractivity (Wildman–Crippen MR) is 147 cm³/mol. The second-order valence-electron chi connectivity index (χ2n) is 8.36. The van der Waals surface area contributed by atoms with Crippen LogP contribution in [0.25, 0.3) is 11.8 Å². The predicted octanol–water partition coefficient (Wildman–Crippen LogP) is 6.17. The van der Waals surface area contributed by atoms with Crippen molar-refractivity contribution in [1.29, 1.82) is 5.41 Å². The van der Waals surface area contributed by atoms with Gasteiger partial charge in [0.25, 0.3) is 5.91 Å². The summed E-state index contributed by atoms with van der Waals surface area (Å²) in [5.74, 6) is 0.430. The first-order chi connectivity index (χ1) is 17.0. The quantitative estimate of drug-likeness (QED) is 0.337. The van der Waals surface area contributed by atoms with Gasteiger partial charge in [0, 0.05) is 22.8 Å². The summed E-state index contributed by atoms with van der Waals surface area (Å²) in [4.78, 5) is 18.8. The first kappa shape index (κ1) is 23.4. The van der Waals surface area contributed by atoms with Crippen LogP contribution in [0.4, 0.5) is 0 Å². The number of aliphatic imine (C=N–C) groups is 1. The lowest BCUT2D eigenvalue weighted by Gasteiger charge is -2.24. The van der Waals surface area contributed by atoms with Crippen LogP contribution in [0.5, 0.6) is 0 Å². The third-order valence-electron chi connectivity index (χ3n) is 6.08. The molecule has 0 unspecified atom stereocenters. The van der Waals surface area contributed by atoms with Crippen LogP contribution in [0.2, 0.25) is 0 Å². The Morgan fingerprint density at radius 1 is 1.06 bits per heavy atom. The number of aryl methyl sites for hydroxylation is 2. The van der Waals surface area contributed by atoms with Gasteiger partial charge in [-0.05, 0) is 61.2 Å². The Kier molecular flexibility index (Phi) is 6.49. The highest BCUT2D eigenvalue weighted by atomic mass is 32.2. The summed E-state index contributed by atoms with van der Waals surface area (Å²) < 4.78 is 6.65. The second-order valence-corrected chi connectivity index (χ2v) is 10.0. The Balaban J connectivity index is 1.43. The lowest BCUT2D eigenvalue weighted by atomic mass is 10.1. The van der Waals surface area contributed by atoms with Crippen molar-refractivity contribution in [2.24, 2.45) is 9.39 Å². The third kappa shape index (κ3) is 4.51. The van der Waals surface area contributed by atoms with E-state index in [2.05, 4.69) is 64.2 Å². The SMILES string of the molecule is CCc1ccc(-n2c(C)cc(/C=C3/C(=N)N4C(SCc5ccccc5)=NSC4=NC3=O)c2C)cc1. The highest BCUT2D eigenvalue weighted by Gasteiger charge is 2.37. The number of nitrogens with one attached hydrogen (secondary N) is 1. The number of amides is 1. The summed E-state index contributed by atoms with van der Waals surface area (Å²) in [7, 11) is 0. The zero-order chi connectivity index (χ0) is 24.5. The molecule has 3 aromatic rings. The van der Waals surface area contributed by atoms with Gasteiger partial charge in [-0.3, -0.25) is 10.2 Å². The van der Waals surface area contributed by atoms with Crippen molar-refractivity contribution in [2.75, 3.05) is 0 Å². The molecule has 8 heteroatoms. The molecule has 0 atom stereocenters. The molecule has 6 nitrogen and oxygen atoms in total. The van der Waals surface area contributed by atoms with E-state index in [0.717, 1.165) is 46.8 Å². The Morgan fingerprint density at radius 2 is 1.80 bits per heavy atom. The average Bonchev–Trinajstić information content (AvgIpc) is 3.40. The maximum atomic E-state index is 12.9. The van der Waals surface area contributed by atoms with Gasteiger partial charge < -0.3 is 4.57 Å². The third-order valence-corrected chi connectivity index (χ3v) is 7.90. The summed E-state index contributed by atoms with van der Waals surface area (Å²) in [6.45, 7) is 6.23. The molecule has 1 aromatic heterocycles. The first-order valence-corrected chi connectivity index (χ1v) is 13.2. The van der Waals surface area contributed by atoms with Crippen molar-refractivity contribution >= 4 is 51.9 Å². The van der Waals surface area contributed by atoms with Gasteiger partial charge in [0.1, 0.15) is 5.84 Å². The second kappa shape index (κ2) is 9.71. The number of nitrogens with zero attached hydrogens (tertiary/aromatic N) is 4. The van der Waals surface area contributed by atoms with Crippen LogP contribution in [0.1, 0.15) is 35.0 Å². The largest absolute Gasteiger partial charge is 0.318 e. The molecule has 0 saturated heterocycles. The minimum absolute atomic E-state index is 0.112. The summed E-state index contributed by atoms with van der Waals surface area (Å²) >= 11 is 2.68. The summed E-state index contributed by atoms with van der Waals surface area (Å²) in [5, 5.41) is 9.96. The number of aromatic nitrogens is 1. The number of carbonyl (C=O) groups is 1. The lowest BCUT2D eigenvalue weighted by Crippen LogP contribution is -2.41. The molecule has 176 valence electrons. The van der Waals surface area contributed by atoms with Crippen LogP contribution in [-0.2, 0) is 17.0 Å². The van der Waals surface area contributed by atoms with E-state index >= 15 is 0 Å². The number of thioether (sulfide) groups is 1. The number of hydrogen-bond acceptors (Lipinski definition) is 5. The Morgan fingerprint density at radius 3 is 2.51 bits per heavy atom. The van der Waals surface area contributed by atoms with Crippen molar-refractivity contribution in [3.05, 3.63) is 94.3 Å². The normalized spacial score (nSPS) is 16.5. The zero-order valence-corrected chi connectivity index (χ0v) is 21.4. The van der Waals surface area contributed by atoms with Gasteiger partial charge in [0.15, 0.2) is 5.17 Å². The maximum Gasteiger partial charge on any atom is 0.283 e. The van der Waals surface area contributed by atoms with Crippen LogP contribution in [0, 0.1) is 19.3 Å². The fourth-order valence-corrected chi connectivity index (χ4v) is 5.98. The van der Waals surface area contributed by atoms with Gasteiger partial charge in [-0.15, -0.1) is 0 Å². The fraction of sp³-hybridized carbons (Fsp3) is 0.185. The van der Waals surface area contributed by atoms with Crippen LogP contribution in [0.3, 0.4) is 0 Å². The number of rotatable bonds is 5. The fourth-order valence-electron chi connectivity index (χ4n) is 4.18. The molecule has 5 rings (SSSR count). The summed E-state index contributed by atoms with van der Waals surface area (Å²) in [5.41, 5.74) is 6.79. The van der Waals surface area contributed by atoms with Gasteiger partial charge >= 0.3 is 0 Å². The number of amidine groups is 3. The number of benzene rings is 2. The van der Waals surface area contributed by atoms with E-state index in [1.165, 1.54) is 22.9 Å². The molecular formula is C27H25N5OS2. The highest BCUT2D eigenvalue weighted by Crippen LogP contribution is 2.33. The Labute approximate surface area is 213 Å². The molecule has 2 aliphatic heterocycles. The van der Waals surface area contributed by atoms with Crippen LogP contribution in [-0.4, -0.2) is 31.5 Å². The van der Waals surface area contributed by atoms with Gasteiger partial charge in [-0.1, -0.05) is 61.2 Å². The van der Waals surface area contributed by atoms with Crippen molar-refractivity contribution < 1.29 is 4.79 Å². The highest BCUT2D eigenvalue weighted by molar-refractivity contribution is 8.18. The molecular weight excluding hydrogens is 474 g/mol. The van der Waals surface area contributed by atoms with Crippen LogP contribution >= 0.6 is 23.7 Å². The molecule has 0 bridgehead atoms. The van der Waals surface area contributed by atoms with Gasteiger partial charge in [0.2, 0.25) is 5.17 Å². The van der Waals surface area contributed by atoms with Gasteiger partial charge in [-0.25, -0.2) is 4.90 Å². The van der Waals surface area contributed by atoms with E-state index < -0.39 is 5.91 Å². The van der Waals surface area contributed by atoms with Crippen molar-refractivity contribution in [1.82, 2.24) is 9.47 Å². The summed E-state index contributed by atoms with van der Waals surface area (Å²) in [6, 6.07) is 20.7. The Bertz CT molecular complexity index is 1400. The maximum absolute atomic E-state index is 12.9. The number of fused-ring (bicyclic) bond motifs is 1. The molecule has 1 amide bonds. The minimum atomic E-state index is -0.407. The van der Waals surface area contributed by atoms with Crippen LogP contribution < -0.4 is 0 Å². The molecule has 2 aromatic carbocycles. The van der Waals surface area contributed by atoms with Crippen molar-refractivity contribution in [2.45, 2.75) is 32.9 Å². The molecule has 2 aliphatic rings. The molecule has 0 radical (unpaired) electrons. The zero-order valence-electron chi connectivity index (χ0n) is 19.8. The first-order valence-electron chi connectivity index (χ1n) is 11.4. The number of carbonyl (C=O) groups excluding carboxylic acids is 1. The Hall–Kier alpha value is -3.36. The molecule has 0 saturated carbocycles. The standard InChI is InChI=1S/C27H25N5OS2/c1-4-19-10-12-22(13-11-19)31-17(2)14-21(18(31)3)15-23-24(28)32-26(29-25(23)33)35-30-27(32)34-16-20-8-6-5-7-9-20/h5-15,28H,4,16H2,1-3H3/b23-15-,28-24?. The summed E-state index contributed by atoms with van der Waals surface area (Å²) in [6.07, 6.45) is 2.78. The smallest absolute Gasteiger partial charge is 0.283 e. The van der Waals surface area contributed by atoms with E-state index in [-0.39, 0.29) is 11.4 Å². The molecule has 35 heavy (non-hydrogen) atoms. The monoisotopic (exact) mass is 499 g/mol. The van der Waals surface area contributed by atoms with E-state index in [1.54, 1.807) is 11.0 Å². The number of hydrogen-bond donors (Lipinski definition) is 1. The topological polar surface area (TPSA) is 73.8 Å². The molecule has 3 heterocycles. The van der Waals surface area contributed by atoms with Crippen molar-refractivity contribution in [3.8, 4) is 5.69 Å². The average molecular weight is 500 g/mol. The lowest BCUT2D eigenvalue weighted by molar-refractivity contribution is -0.114. The van der Waals surface area contributed by atoms with Gasteiger partial charge in [0.05, 0.1) is 17.5 Å².